The number of carboxylic acids is 1. The second-order valence-corrected chi connectivity index (χ2v) is 7.61. The molecule has 2 aromatic rings. The SMILES string of the molecule is COC(=O)c1ccc(C=C2SC(=S)N(c3cc(C(=O)O)ccc3C)C2=O)cc1. The molecule has 1 aliphatic rings. The van der Waals surface area contributed by atoms with E-state index in [0.717, 1.165) is 22.9 Å². The second-order valence-electron chi connectivity index (χ2n) is 5.94. The Morgan fingerprint density at radius 1 is 1.14 bits per heavy atom. The minimum Gasteiger partial charge on any atom is -0.478 e. The number of thioether (sulfide) groups is 1. The van der Waals surface area contributed by atoms with Crippen LogP contribution in [-0.4, -0.2) is 34.4 Å². The normalized spacial score (nSPS) is 15.2. The highest BCUT2D eigenvalue weighted by Gasteiger charge is 2.34. The highest BCUT2D eigenvalue weighted by atomic mass is 32.2. The monoisotopic (exact) mass is 413 g/mol. The van der Waals surface area contributed by atoms with Crippen molar-refractivity contribution in [1.29, 1.82) is 0 Å². The van der Waals surface area contributed by atoms with Crippen molar-refractivity contribution >= 4 is 57.9 Å². The third-order valence-electron chi connectivity index (χ3n) is 4.12. The molecule has 1 aliphatic heterocycles. The lowest BCUT2D eigenvalue weighted by molar-refractivity contribution is -0.113. The summed E-state index contributed by atoms with van der Waals surface area (Å²) in [6, 6.07) is 11.2. The molecule has 1 N–H and O–H groups in total. The molecule has 0 radical (unpaired) electrons. The second kappa shape index (κ2) is 7.95. The number of ether oxygens (including phenoxy) is 1. The molecule has 0 aromatic heterocycles. The van der Waals surface area contributed by atoms with E-state index in [1.54, 1.807) is 43.3 Å². The zero-order chi connectivity index (χ0) is 20.4. The number of hydrogen-bond acceptors (Lipinski definition) is 6. The predicted molar refractivity (Wildman–Crippen MR) is 112 cm³/mol. The van der Waals surface area contributed by atoms with Gasteiger partial charge in [-0.15, -0.1) is 0 Å². The number of hydrogen-bond donors (Lipinski definition) is 1. The van der Waals surface area contributed by atoms with Gasteiger partial charge in [0, 0.05) is 0 Å². The first-order valence-corrected chi connectivity index (χ1v) is 9.34. The van der Waals surface area contributed by atoms with Crippen LogP contribution in [0.4, 0.5) is 5.69 Å². The molecule has 6 nitrogen and oxygen atoms in total. The third kappa shape index (κ3) is 3.83. The average Bonchev–Trinajstić information content (AvgIpc) is 2.95. The fourth-order valence-corrected chi connectivity index (χ4v) is 3.93. The lowest BCUT2D eigenvalue weighted by atomic mass is 10.1. The van der Waals surface area contributed by atoms with Crippen LogP contribution in [0, 0.1) is 6.92 Å². The molecular formula is C20H15NO5S2. The Morgan fingerprint density at radius 2 is 1.79 bits per heavy atom. The molecule has 28 heavy (non-hydrogen) atoms. The van der Waals surface area contributed by atoms with Gasteiger partial charge in [-0.25, -0.2) is 9.59 Å². The minimum absolute atomic E-state index is 0.0806. The Morgan fingerprint density at radius 3 is 2.39 bits per heavy atom. The quantitative estimate of drug-likeness (QED) is 0.462. The molecule has 1 amide bonds. The fourth-order valence-electron chi connectivity index (χ4n) is 2.64. The summed E-state index contributed by atoms with van der Waals surface area (Å²) in [6.45, 7) is 1.79. The molecule has 8 heteroatoms. The molecule has 0 saturated carbocycles. The summed E-state index contributed by atoms with van der Waals surface area (Å²) in [5.41, 5.74) is 2.41. The molecule has 1 heterocycles. The number of carboxylic acid groups (broad SMARTS) is 1. The smallest absolute Gasteiger partial charge is 0.337 e. The Labute approximate surface area is 170 Å². The van der Waals surface area contributed by atoms with Crippen molar-refractivity contribution in [2.24, 2.45) is 0 Å². The number of anilines is 1. The lowest BCUT2D eigenvalue weighted by Crippen LogP contribution is -2.28. The van der Waals surface area contributed by atoms with E-state index in [9.17, 15) is 19.5 Å². The van der Waals surface area contributed by atoms with E-state index in [2.05, 4.69) is 4.74 Å². The van der Waals surface area contributed by atoms with E-state index in [-0.39, 0.29) is 11.5 Å². The topological polar surface area (TPSA) is 83.9 Å². The maximum atomic E-state index is 12.9. The Hall–Kier alpha value is -2.97. The summed E-state index contributed by atoms with van der Waals surface area (Å²) in [6.07, 6.45) is 1.68. The van der Waals surface area contributed by atoms with Crippen LogP contribution in [0.5, 0.6) is 0 Å². The van der Waals surface area contributed by atoms with Gasteiger partial charge in [0.1, 0.15) is 0 Å². The van der Waals surface area contributed by atoms with Gasteiger partial charge >= 0.3 is 11.9 Å². The zero-order valence-corrected chi connectivity index (χ0v) is 16.6. The number of esters is 1. The number of aromatic carboxylic acids is 1. The predicted octanol–water partition coefficient (Wildman–Crippen LogP) is 3.89. The summed E-state index contributed by atoms with van der Waals surface area (Å²) in [5.74, 6) is -1.84. The lowest BCUT2D eigenvalue weighted by Gasteiger charge is -2.17. The van der Waals surface area contributed by atoms with Crippen LogP contribution in [0.3, 0.4) is 0 Å². The molecule has 0 spiro atoms. The number of benzene rings is 2. The first kappa shape index (κ1) is 19.8. The minimum atomic E-state index is -1.08. The van der Waals surface area contributed by atoms with Gasteiger partial charge in [0.2, 0.25) is 0 Å². The summed E-state index contributed by atoms with van der Waals surface area (Å²) in [7, 11) is 1.31. The van der Waals surface area contributed by atoms with Gasteiger partial charge in [-0.1, -0.05) is 42.2 Å². The number of carbonyl (C=O) groups is 3. The van der Waals surface area contributed by atoms with Crippen molar-refractivity contribution in [2.75, 3.05) is 12.0 Å². The summed E-state index contributed by atoms with van der Waals surface area (Å²) in [5, 5.41) is 9.22. The van der Waals surface area contributed by atoms with Gasteiger partial charge < -0.3 is 9.84 Å². The molecule has 2 aromatic carbocycles. The number of amides is 1. The van der Waals surface area contributed by atoms with E-state index >= 15 is 0 Å². The van der Waals surface area contributed by atoms with E-state index in [0.29, 0.717) is 20.5 Å². The number of carbonyl (C=O) groups excluding carboxylic acids is 2. The number of rotatable bonds is 4. The van der Waals surface area contributed by atoms with Crippen molar-refractivity contribution in [1.82, 2.24) is 0 Å². The van der Waals surface area contributed by atoms with E-state index in [1.165, 1.54) is 24.1 Å². The number of thiocarbonyl (C=S) groups is 1. The van der Waals surface area contributed by atoms with Crippen molar-refractivity contribution in [3.05, 3.63) is 69.6 Å². The van der Waals surface area contributed by atoms with Gasteiger partial charge in [-0.3, -0.25) is 9.69 Å². The molecular weight excluding hydrogens is 398 g/mol. The maximum absolute atomic E-state index is 12.9. The molecule has 0 bridgehead atoms. The summed E-state index contributed by atoms with van der Waals surface area (Å²) >= 11 is 6.49. The number of aryl methyl sites for hydroxylation is 1. The first-order valence-electron chi connectivity index (χ1n) is 8.12. The van der Waals surface area contributed by atoms with Crippen LogP contribution < -0.4 is 4.90 Å². The Kier molecular flexibility index (Phi) is 5.62. The average molecular weight is 413 g/mol. The molecule has 0 unspecified atom stereocenters. The van der Waals surface area contributed by atoms with Crippen LogP contribution in [-0.2, 0) is 9.53 Å². The molecule has 1 fully saturated rings. The molecule has 3 rings (SSSR count). The van der Waals surface area contributed by atoms with Gasteiger partial charge in [0.15, 0.2) is 4.32 Å². The van der Waals surface area contributed by atoms with Crippen LogP contribution in [0.25, 0.3) is 6.08 Å². The van der Waals surface area contributed by atoms with Gasteiger partial charge in [-0.2, -0.15) is 0 Å². The zero-order valence-electron chi connectivity index (χ0n) is 15.0. The van der Waals surface area contributed by atoms with Crippen LogP contribution in [0.2, 0.25) is 0 Å². The molecule has 1 saturated heterocycles. The van der Waals surface area contributed by atoms with Crippen LogP contribution >= 0.6 is 24.0 Å². The highest BCUT2D eigenvalue weighted by molar-refractivity contribution is 8.27. The number of nitrogens with zero attached hydrogens (tertiary/aromatic N) is 1. The van der Waals surface area contributed by atoms with Crippen LogP contribution in [0.1, 0.15) is 31.8 Å². The van der Waals surface area contributed by atoms with E-state index in [4.69, 9.17) is 12.2 Å². The van der Waals surface area contributed by atoms with Gasteiger partial charge in [0.05, 0.1) is 28.8 Å². The molecule has 0 atom stereocenters. The summed E-state index contributed by atoms with van der Waals surface area (Å²) in [4.78, 5) is 37.4. The van der Waals surface area contributed by atoms with Gasteiger partial charge in [0.25, 0.3) is 5.91 Å². The number of methoxy groups -OCH3 is 1. The van der Waals surface area contributed by atoms with E-state index < -0.39 is 11.9 Å². The maximum Gasteiger partial charge on any atom is 0.337 e. The highest BCUT2D eigenvalue weighted by Crippen LogP contribution is 2.37. The Bertz CT molecular complexity index is 1030. The Balaban J connectivity index is 1.92. The summed E-state index contributed by atoms with van der Waals surface area (Å²) < 4.78 is 4.99. The van der Waals surface area contributed by atoms with Crippen molar-refractivity contribution in [2.45, 2.75) is 6.92 Å². The fraction of sp³-hybridized carbons (Fsp3) is 0.100. The molecule has 142 valence electrons. The largest absolute Gasteiger partial charge is 0.478 e. The third-order valence-corrected chi connectivity index (χ3v) is 5.42. The first-order chi connectivity index (χ1) is 13.3. The van der Waals surface area contributed by atoms with Crippen molar-refractivity contribution in [3.63, 3.8) is 0 Å². The van der Waals surface area contributed by atoms with Crippen LogP contribution in [0.15, 0.2) is 47.4 Å². The standard InChI is InChI=1S/C20H15NO5S2/c1-11-3-6-14(18(23)24)10-15(11)21-17(22)16(28-20(21)27)9-12-4-7-13(8-5-12)19(25)26-2/h3-10H,1-2H3,(H,23,24). The van der Waals surface area contributed by atoms with Crippen molar-refractivity contribution < 1.29 is 24.2 Å². The van der Waals surface area contributed by atoms with Crippen molar-refractivity contribution in [3.8, 4) is 0 Å². The van der Waals surface area contributed by atoms with Gasteiger partial charge in [-0.05, 0) is 48.4 Å². The molecule has 0 aliphatic carbocycles. The van der Waals surface area contributed by atoms with E-state index in [1.807, 2.05) is 0 Å².